The first-order valence-corrected chi connectivity index (χ1v) is 7.84. The molecule has 2 nitrogen and oxygen atoms in total. The van der Waals surface area contributed by atoms with E-state index in [0.29, 0.717) is 18.4 Å². The first-order chi connectivity index (χ1) is 7.76. The molecule has 5 atom stereocenters. The van der Waals surface area contributed by atoms with Crippen LogP contribution in [0.5, 0.6) is 0 Å². The summed E-state index contributed by atoms with van der Waals surface area (Å²) in [5.74, 6) is 2.15. The van der Waals surface area contributed by atoms with Crippen molar-refractivity contribution >= 4 is 11.8 Å². The zero-order valence-corrected chi connectivity index (χ0v) is 11.6. The highest BCUT2D eigenvalue weighted by molar-refractivity contribution is 8.00. The van der Waals surface area contributed by atoms with Crippen LogP contribution in [0.15, 0.2) is 0 Å². The molecule has 0 saturated carbocycles. The summed E-state index contributed by atoms with van der Waals surface area (Å²) in [5, 5.41) is 4.57. The Balaban J connectivity index is 1.85. The van der Waals surface area contributed by atoms with Crippen molar-refractivity contribution in [2.45, 2.75) is 70.1 Å². The van der Waals surface area contributed by atoms with E-state index < -0.39 is 0 Å². The molecule has 0 aromatic rings. The molecule has 0 aliphatic carbocycles. The minimum atomic E-state index is 0.352. The Labute approximate surface area is 104 Å². The largest absolute Gasteiger partial charge is 0.354 e. The molecular weight excluding hydrogens is 218 g/mol. The molecular formula is C13H25NOS. The van der Waals surface area contributed by atoms with Gasteiger partial charge in [-0.15, -0.1) is 0 Å². The van der Waals surface area contributed by atoms with Gasteiger partial charge in [-0.1, -0.05) is 26.7 Å². The lowest BCUT2D eigenvalue weighted by Gasteiger charge is -2.23. The van der Waals surface area contributed by atoms with E-state index in [1.54, 1.807) is 0 Å². The van der Waals surface area contributed by atoms with Crippen molar-refractivity contribution in [3.8, 4) is 0 Å². The van der Waals surface area contributed by atoms with Gasteiger partial charge in [0.2, 0.25) is 0 Å². The SMILES string of the molecule is CCCC1SCC(NC2OC2C)C1CCC. The van der Waals surface area contributed by atoms with E-state index in [1.807, 2.05) is 0 Å². The van der Waals surface area contributed by atoms with Crippen molar-refractivity contribution in [2.24, 2.45) is 5.92 Å². The molecule has 2 saturated heterocycles. The number of ether oxygens (including phenoxy) is 1. The van der Waals surface area contributed by atoms with Crippen LogP contribution in [0.25, 0.3) is 0 Å². The highest BCUT2D eigenvalue weighted by Crippen LogP contribution is 2.39. The van der Waals surface area contributed by atoms with Crippen molar-refractivity contribution in [2.75, 3.05) is 5.75 Å². The van der Waals surface area contributed by atoms with E-state index in [2.05, 4.69) is 37.8 Å². The lowest BCUT2D eigenvalue weighted by molar-refractivity contribution is 0.289. The summed E-state index contributed by atoms with van der Waals surface area (Å²) in [6.45, 7) is 6.76. The normalized spacial score (nSPS) is 42.6. The van der Waals surface area contributed by atoms with Gasteiger partial charge in [-0.2, -0.15) is 11.8 Å². The second kappa shape index (κ2) is 5.74. The monoisotopic (exact) mass is 243 g/mol. The van der Waals surface area contributed by atoms with Gasteiger partial charge in [0.1, 0.15) is 6.23 Å². The van der Waals surface area contributed by atoms with Crippen LogP contribution in [0.2, 0.25) is 0 Å². The van der Waals surface area contributed by atoms with E-state index in [4.69, 9.17) is 4.74 Å². The maximum atomic E-state index is 5.48. The first kappa shape index (κ1) is 12.7. The highest BCUT2D eigenvalue weighted by atomic mass is 32.2. The molecule has 0 aromatic carbocycles. The van der Waals surface area contributed by atoms with Crippen LogP contribution in [0.1, 0.15) is 46.5 Å². The number of epoxide rings is 1. The Bertz CT molecular complexity index is 224. The summed E-state index contributed by atoms with van der Waals surface area (Å²) >= 11 is 2.18. The maximum absolute atomic E-state index is 5.48. The first-order valence-electron chi connectivity index (χ1n) is 6.79. The Morgan fingerprint density at radius 1 is 1.25 bits per heavy atom. The van der Waals surface area contributed by atoms with Crippen molar-refractivity contribution in [3.05, 3.63) is 0 Å². The van der Waals surface area contributed by atoms with Crippen molar-refractivity contribution in [1.82, 2.24) is 5.32 Å². The van der Waals surface area contributed by atoms with Gasteiger partial charge >= 0.3 is 0 Å². The summed E-state index contributed by atoms with van der Waals surface area (Å²) in [5.41, 5.74) is 0. The summed E-state index contributed by atoms with van der Waals surface area (Å²) in [4.78, 5) is 0. The van der Waals surface area contributed by atoms with Gasteiger partial charge in [0.05, 0.1) is 6.10 Å². The molecule has 0 aromatic heterocycles. The molecule has 0 bridgehead atoms. The molecule has 94 valence electrons. The third-order valence-electron chi connectivity index (χ3n) is 3.77. The molecule has 2 fully saturated rings. The third-order valence-corrected chi connectivity index (χ3v) is 5.33. The second-order valence-electron chi connectivity index (χ2n) is 5.15. The quantitative estimate of drug-likeness (QED) is 0.726. The van der Waals surface area contributed by atoms with Crippen LogP contribution in [-0.4, -0.2) is 29.4 Å². The molecule has 5 unspecified atom stereocenters. The molecule has 2 rings (SSSR count). The zero-order chi connectivity index (χ0) is 11.5. The molecule has 2 heterocycles. The lowest BCUT2D eigenvalue weighted by Crippen LogP contribution is -2.39. The number of hydrogen-bond acceptors (Lipinski definition) is 3. The van der Waals surface area contributed by atoms with Crippen LogP contribution >= 0.6 is 11.8 Å². The van der Waals surface area contributed by atoms with Gasteiger partial charge in [-0.05, 0) is 25.7 Å². The fourth-order valence-corrected chi connectivity index (χ4v) is 4.55. The predicted octanol–water partition coefficient (Wildman–Crippen LogP) is 3.02. The van der Waals surface area contributed by atoms with Gasteiger partial charge < -0.3 is 4.74 Å². The summed E-state index contributed by atoms with van der Waals surface area (Å²) in [6.07, 6.45) is 6.18. The molecule has 0 radical (unpaired) electrons. The fraction of sp³-hybridized carbons (Fsp3) is 1.00. The molecule has 1 N–H and O–H groups in total. The highest BCUT2D eigenvalue weighted by Gasteiger charge is 2.42. The van der Waals surface area contributed by atoms with Gasteiger partial charge in [-0.25, -0.2) is 0 Å². The summed E-state index contributed by atoms with van der Waals surface area (Å²) in [7, 11) is 0. The van der Waals surface area contributed by atoms with E-state index in [9.17, 15) is 0 Å². The minimum Gasteiger partial charge on any atom is -0.354 e. The molecule has 3 heteroatoms. The Morgan fingerprint density at radius 3 is 2.50 bits per heavy atom. The molecule has 0 spiro atoms. The Morgan fingerprint density at radius 2 is 1.94 bits per heavy atom. The number of hydrogen-bond donors (Lipinski definition) is 1. The van der Waals surface area contributed by atoms with E-state index in [1.165, 1.54) is 31.4 Å². The van der Waals surface area contributed by atoms with Gasteiger partial charge in [0.15, 0.2) is 0 Å². The van der Waals surface area contributed by atoms with Crippen molar-refractivity contribution < 1.29 is 4.74 Å². The zero-order valence-electron chi connectivity index (χ0n) is 10.7. The van der Waals surface area contributed by atoms with Gasteiger partial charge in [0, 0.05) is 17.0 Å². The number of rotatable bonds is 6. The third kappa shape index (κ3) is 2.93. The van der Waals surface area contributed by atoms with Crippen LogP contribution in [0.4, 0.5) is 0 Å². The van der Waals surface area contributed by atoms with E-state index >= 15 is 0 Å². The average molecular weight is 243 g/mol. The molecule has 0 amide bonds. The van der Waals surface area contributed by atoms with Crippen molar-refractivity contribution in [3.63, 3.8) is 0 Å². The lowest BCUT2D eigenvalue weighted by atomic mass is 9.90. The van der Waals surface area contributed by atoms with Crippen LogP contribution in [0, 0.1) is 5.92 Å². The Kier molecular flexibility index (Phi) is 4.57. The van der Waals surface area contributed by atoms with Crippen LogP contribution in [0.3, 0.4) is 0 Å². The molecule has 2 aliphatic heterocycles. The van der Waals surface area contributed by atoms with Gasteiger partial charge in [0.25, 0.3) is 0 Å². The predicted molar refractivity (Wildman–Crippen MR) is 70.8 cm³/mol. The maximum Gasteiger partial charge on any atom is 0.135 e. The smallest absolute Gasteiger partial charge is 0.135 e. The Hall–Kier alpha value is 0.270. The summed E-state index contributed by atoms with van der Waals surface area (Å²) in [6, 6.07) is 0.691. The summed E-state index contributed by atoms with van der Waals surface area (Å²) < 4.78 is 5.48. The topological polar surface area (TPSA) is 24.6 Å². The van der Waals surface area contributed by atoms with Crippen LogP contribution < -0.4 is 5.32 Å². The number of thioether (sulfide) groups is 1. The fourth-order valence-electron chi connectivity index (χ4n) is 2.78. The second-order valence-corrected chi connectivity index (χ2v) is 6.42. The van der Waals surface area contributed by atoms with E-state index in [-0.39, 0.29) is 0 Å². The molecule has 16 heavy (non-hydrogen) atoms. The van der Waals surface area contributed by atoms with Crippen molar-refractivity contribution in [1.29, 1.82) is 0 Å². The number of nitrogens with one attached hydrogen (secondary N) is 1. The standard InChI is InChI=1S/C13H25NOS/c1-4-6-10-11(14-13-9(3)15-13)8-16-12(10)7-5-2/h9-14H,4-8H2,1-3H3. The average Bonchev–Trinajstić information content (AvgIpc) is 2.82. The minimum absolute atomic E-state index is 0.352. The van der Waals surface area contributed by atoms with E-state index in [0.717, 1.165) is 11.2 Å². The van der Waals surface area contributed by atoms with Gasteiger partial charge in [-0.3, -0.25) is 5.32 Å². The molecule has 2 aliphatic rings. The van der Waals surface area contributed by atoms with Crippen LogP contribution in [-0.2, 0) is 4.74 Å².